The zero-order valence-electron chi connectivity index (χ0n) is 65.6. The molecule has 5 heterocycles. The Morgan fingerprint density at radius 3 is 0.610 bits per heavy atom. The highest BCUT2D eigenvalue weighted by molar-refractivity contribution is 6.14. The number of fused-ring (bicyclic) bond motifs is 20. The number of nitrogens with one attached hydrogen (secondary N) is 2. The maximum atomic E-state index is 6.61. The third-order valence-electron chi connectivity index (χ3n) is 23.8. The van der Waals surface area contributed by atoms with Crippen LogP contribution in [0, 0.1) is 0 Å². The molecule has 0 unspecified atom stereocenters. The van der Waals surface area contributed by atoms with Crippen LogP contribution >= 0.6 is 0 Å². The van der Waals surface area contributed by atoms with Gasteiger partial charge in [-0.1, -0.05) is 220 Å². The number of benzene rings is 4. The number of nitrogens with zero attached hydrogens (tertiary/aromatic N) is 8. The monoisotopic (exact) mass is 1360 g/mol. The summed E-state index contributed by atoms with van der Waals surface area (Å²) in [5.74, 6) is 0.962. The van der Waals surface area contributed by atoms with E-state index in [0.29, 0.717) is 0 Å². The van der Waals surface area contributed by atoms with Crippen LogP contribution in [-0.4, -0.2) is 167 Å². The molecule has 8 bridgehead atoms. The molecule has 0 radical (unpaired) electrons. The highest BCUT2D eigenvalue weighted by Crippen LogP contribution is 2.52. The minimum Gasteiger partial charge on any atom is -0.354 e. The Labute approximate surface area is 607 Å². The van der Waals surface area contributed by atoms with Crippen LogP contribution in [0.1, 0.15) is 258 Å². The second kappa shape index (κ2) is 40.4. The molecule has 100 heavy (non-hydrogen) atoms. The van der Waals surface area contributed by atoms with Gasteiger partial charge in [0.25, 0.3) is 0 Å². The van der Waals surface area contributed by atoms with Crippen molar-refractivity contribution in [3.05, 3.63) is 119 Å². The first kappa shape index (κ1) is 78.4. The normalized spacial score (nSPS) is 12.6. The number of aromatic nitrogens is 4. The number of hydrogen-bond donors (Lipinski definition) is 2. The summed E-state index contributed by atoms with van der Waals surface area (Å²) >= 11 is 0. The first-order chi connectivity index (χ1) is 49.0. The van der Waals surface area contributed by atoms with Crippen molar-refractivity contribution in [2.75, 3.05) is 118 Å². The number of rotatable bonds is 46. The summed E-state index contributed by atoms with van der Waals surface area (Å²) in [6, 6.07) is 38.3. The fourth-order valence-corrected chi connectivity index (χ4v) is 17.6. The topological polar surface area (TPSA) is 76.8 Å². The van der Waals surface area contributed by atoms with Crippen molar-refractivity contribution in [1.82, 2.24) is 49.3 Å². The van der Waals surface area contributed by atoms with Crippen LogP contribution in [0.2, 0.25) is 0 Å². The molecular formula is C90H136N10. The summed E-state index contributed by atoms with van der Waals surface area (Å²) in [7, 11) is 0. The van der Waals surface area contributed by atoms with E-state index in [2.05, 4.69) is 233 Å². The summed E-state index contributed by atoms with van der Waals surface area (Å²) in [6.07, 6.45) is 20.1. The maximum Gasteiger partial charge on any atom is 0.0772 e. The van der Waals surface area contributed by atoms with Crippen LogP contribution in [0.15, 0.2) is 97.1 Å². The van der Waals surface area contributed by atoms with Crippen LogP contribution in [-0.2, 0) is 0 Å². The van der Waals surface area contributed by atoms with Gasteiger partial charge in [-0.2, -0.15) is 0 Å². The van der Waals surface area contributed by atoms with Crippen LogP contribution < -0.4 is 0 Å². The highest BCUT2D eigenvalue weighted by Gasteiger charge is 2.35. The molecule has 2 aliphatic heterocycles. The lowest BCUT2D eigenvalue weighted by atomic mass is 9.84. The Morgan fingerprint density at radius 2 is 0.430 bits per heavy atom. The van der Waals surface area contributed by atoms with Crippen molar-refractivity contribution in [3.8, 4) is 45.0 Å². The predicted molar refractivity (Wildman–Crippen MR) is 437 cm³/mol. The van der Waals surface area contributed by atoms with E-state index in [1.807, 2.05) is 0 Å². The number of hydrogen-bond acceptors (Lipinski definition) is 8. The molecule has 2 N–H and O–H groups in total. The van der Waals surface area contributed by atoms with Gasteiger partial charge in [0.2, 0.25) is 0 Å². The predicted octanol–water partition coefficient (Wildman–Crippen LogP) is 22.7. The first-order valence-electron chi connectivity index (χ1n) is 41.2. The van der Waals surface area contributed by atoms with E-state index in [9.17, 15) is 0 Å². The molecule has 0 fully saturated rings. The molecule has 10 heteroatoms. The zero-order chi connectivity index (χ0) is 70.9. The maximum absolute atomic E-state index is 6.61. The van der Waals surface area contributed by atoms with Gasteiger partial charge in [0.05, 0.1) is 44.8 Å². The van der Waals surface area contributed by atoms with E-state index in [-0.39, 0.29) is 23.7 Å². The molecule has 0 spiro atoms. The Balaban J connectivity index is 1.59. The standard InChI is InChI=1S/C90H136N10/c1-15-29-45-67(46-30-16-2)79-83-71-53-31-33-55-73(71)85(91-83)80(68(47-39-61-95(17-3)18-4)48-40-62-96(19-5)20-6)87-75-57-35-37-59-77(75)89(93-87)82(70(51-43-65-99(25-11)26-12)52-44-66-100(27-13)28-14)90-78-60-38-36-58-76(78)88(94-90)81(86-74-56-34-32-54-72(74)84(79)92-86)69(49-41-63-97(21-7)22-8)50-42-64-98(23-9)24-10/h31-38,53-60,67-70,91,94H,15-30,39-52,61-66H2,1-14H3. The molecule has 0 amide bonds. The van der Waals surface area contributed by atoms with E-state index in [4.69, 9.17) is 9.97 Å². The van der Waals surface area contributed by atoms with Gasteiger partial charge in [-0.15, -0.1) is 0 Å². The lowest BCUT2D eigenvalue weighted by Crippen LogP contribution is -2.25. The van der Waals surface area contributed by atoms with Crippen molar-refractivity contribution in [3.63, 3.8) is 0 Å². The third kappa shape index (κ3) is 18.8. The smallest absolute Gasteiger partial charge is 0.0772 e. The van der Waals surface area contributed by atoms with E-state index in [1.165, 1.54) is 124 Å². The van der Waals surface area contributed by atoms with Gasteiger partial charge in [0.1, 0.15) is 0 Å². The molecule has 9 rings (SSSR count). The highest BCUT2D eigenvalue weighted by atomic mass is 15.1. The zero-order valence-corrected chi connectivity index (χ0v) is 65.6. The van der Waals surface area contributed by atoms with Gasteiger partial charge in [-0.3, -0.25) is 0 Å². The second-order valence-electron chi connectivity index (χ2n) is 29.3. The van der Waals surface area contributed by atoms with Gasteiger partial charge in [0.15, 0.2) is 0 Å². The number of unbranched alkanes of at least 4 members (excludes halogenated alkanes) is 2. The van der Waals surface area contributed by atoms with E-state index in [0.717, 1.165) is 221 Å². The molecule has 10 nitrogen and oxygen atoms in total. The van der Waals surface area contributed by atoms with Crippen LogP contribution in [0.3, 0.4) is 0 Å². The third-order valence-corrected chi connectivity index (χ3v) is 23.8. The van der Waals surface area contributed by atoms with Crippen molar-refractivity contribution >= 4 is 43.6 Å². The summed E-state index contributed by atoms with van der Waals surface area (Å²) in [5, 5.41) is 5.24. The Morgan fingerprint density at radius 1 is 0.250 bits per heavy atom. The summed E-state index contributed by atoms with van der Waals surface area (Å²) in [4.78, 5) is 38.3. The molecule has 0 saturated heterocycles. The Bertz CT molecular complexity index is 3660. The van der Waals surface area contributed by atoms with E-state index in [1.54, 1.807) is 0 Å². The molecule has 546 valence electrons. The van der Waals surface area contributed by atoms with Crippen LogP contribution in [0.5, 0.6) is 0 Å². The fourth-order valence-electron chi connectivity index (χ4n) is 17.6. The summed E-state index contributed by atoms with van der Waals surface area (Å²) < 4.78 is 0. The lowest BCUT2D eigenvalue weighted by Gasteiger charge is -2.25. The average Bonchev–Trinajstić information content (AvgIpc) is 1.57. The molecular weight excluding hydrogens is 1220 g/mol. The fraction of sp³-hybridized carbons (Fsp3) is 0.600. The van der Waals surface area contributed by atoms with Crippen molar-refractivity contribution in [2.45, 2.75) is 236 Å². The minimum atomic E-state index is 0.221. The van der Waals surface area contributed by atoms with Crippen LogP contribution in [0.4, 0.5) is 0 Å². The minimum absolute atomic E-state index is 0.221. The first-order valence-corrected chi connectivity index (χ1v) is 41.2. The largest absolute Gasteiger partial charge is 0.354 e. The summed E-state index contributed by atoms with van der Waals surface area (Å²) in [6.45, 7) is 52.2. The number of aromatic amines is 2. The molecule has 0 saturated carbocycles. The molecule has 7 aromatic rings. The van der Waals surface area contributed by atoms with Gasteiger partial charge in [-0.05, 0) is 231 Å². The molecule has 4 aromatic carbocycles. The average molecular weight is 1360 g/mol. The van der Waals surface area contributed by atoms with Crippen molar-refractivity contribution in [2.24, 2.45) is 0 Å². The Hall–Kier alpha value is -5.72. The summed E-state index contributed by atoms with van der Waals surface area (Å²) in [5.41, 5.74) is 20.5. The molecule has 0 aliphatic carbocycles. The van der Waals surface area contributed by atoms with Gasteiger partial charge >= 0.3 is 0 Å². The SMILES string of the molecule is CCCCC(CCCC)c1c2nc(c(C(CCCN(CC)CC)CCCN(CC)CC)c3[nH]c(c(C(CCCN(CC)CC)CCCN(CC)CC)c4nc(c(C(CCCN(CC)CC)CCCN(CC)CC)c5[nH]c1c1ccccc51)-c1ccccc1-4)c1ccccc31)-c1ccccc1-2. The van der Waals surface area contributed by atoms with Crippen molar-refractivity contribution < 1.29 is 0 Å². The van der Waals surface area contributed by atoms with Gasteiger partial charge in [0, 0.05) is 66.1 Å². The van der Waals surface area contributed by atoms with Gasteiger partial charge < -0.3 is 39.4 Å². The van der Waals surface area contributed by atoms with Crippen LogP contribution in [0.25, 0.3) is 88.6 Å². The molecule has 0 atom stereocenters. The lowest BCUT2D eigenvalue weighted by molar-refractivity contribution is 0.281. The van der Waals surface area contributed by atoms with Crippen molar-refractivity contribution in [1.29, 1.82) is 0 Å². The van der Waals surface area contributed by atoms with E-state index < -0.39 is 0 Å². The van der Waals surface area contributed by atoms with E-state index >= 15 is 0 Å². The molecule has 2 aliphatic rings. The quantitative estimate of drug-likeness (QED) is 0.0391. The Kier molecular flexibility index (Phi) is 31.7. The second-order valence-corrected chi connectivity index (χ2v) is 29.3. The van der Waals surface area contributed by atoms with Gasteiger partial charge in [-0.25, -0.2) is 9.97 Å². The number of H-pyrrole nitrogens is 2. The molecule has 3 aromatic heterocycles.